The Labute approximate surface area is 120 Å². The monoisotopic (exact) mass is 271 g/mol. The van der Waals surface area contributed by atoms with Crippen molar-refractivity contribution in [3.63, 3.8) is 0 Å². The highest BCUT2D eigenvalue weighted by molar-refractivity contribution is 6.01. The van der Waals surface area contributed by atoms with Gasteiger partial charge in [0.15, 0.2) is 0 Å². The van der Waals surface area contributed by atoms with Gasteiger partial charge in [-0.15, -0.1) is 0 Å². The first kappa shape index (κ1) is 14.5. The standard InChI is InChI=1S/C17H21NO2/c1-5-12-11-17(4,7-3)18(16(20)6-2)15-9-8-13(19)10-14(12)15/h7-11,19H,4-6H2,1-3H3. The first-order chi connectivity index (χ1) is 9.46. The Kier molecular flexibility index (Phi) is 3.80. The highest BCUT2D eigenvalue weighted by Gasteiger charge is 2.38. The maximum absolute atomic E-state index is 12.4. The molecule has 0 saturated heterocycles. The largest absolute Gasteiger partial charge is 0.508 e. The zero-order chi connectivity index (χ0) is 14.9. The number of allylic oxidation sites excluding steroid dienone is 1. The van der Waals surface area contributed by atoms with Crippen LogP contribution in [0, 0.1) is 13.3 Å². The highest BCUT2D eigenvalue weighted by atomic mass is 16.3. The Hall–Kier alpha value is -1.90. The quantitative estimate of drug-likeness (QED) is 0.851. The fourth-order valence-electron chi connectivity index (χ4n) is 2.67. The van der Waals surface area contributed by atoms with E-state index in [1.807, 2.05) is 26.3 Å². The van der Waals surface area contributed by atoms with Crippen LogP contribution >= 0.6 is 0 Å². The van der Waals surface area contributed by atoms with E-state index in [1.54, 1.807) is 23.1 Å². The molecule has 0 aliphatic carbocycles. The Morgan fingerprint density at radius 2 is 2.15 bits per heavy atom. The van der Waals surface area contributed by atoms with Gasteiger partial charge in [0.05, 0.1) is 24.6 Å². The summed E-state index contributed by atoms with van der Waals surface area (Å²) in [7, 11) is 0. The number of carbonyl (C=O) groups excluding carboxylic acids is 1. The van der Waals surface area contributed by atoms with Gasteiger partial charge in [0.1, 0.15) is 5.75 Å². The van der Waals surface area contributed by atoms with E-state index in [2.05, 4.69) is 13.8 Å². The summed E-state index contributed by atoms with van der Waals surface area (Å²) in [6, 6.07) is 5.13. The Balaban J connectivity index is 2.68. The molecule has 1 heterocycles. The van der Waals surface area contributed by atoms with E-state index < -0.39 is 5.54 Å². The average molecular weight is 271 g/mol. The summed E-state index contributed by atoms with van der Waals surface area (Å²) in [4.78, 5) is 14.1. The molecule has 0 aromatic heterocycles. The molecule has 1 aliphatic heterocycles. The van der Waals surface area contributed by atoms with Gasteiger partial charge in [0, 0.05) is 12.0 Å². The maximum Gasteiger partial charge on any atom is 0.228 e. The van der Waals surface area contributed by atoms with Gasteiger partial charge in [-0.2, -0.15) is 0 Å². The lowest BCUT2D eigenvalue weighted by Crippen LogP contribution is -2.51. The number of phenolic OH excluding ortho intramolecular Hbond substituents is 1. The van der Waals surface area contributed by atoms with Crippen LogP contribution in [0.3, 0.4) is 0 Å². The first-order valence-electron chi connectivity index (χ1n) is 7.00. The predicted octanol–water partition coefficient (Wildman–Crippen LogP) is 3.74. The van der Waals surface area contributed by atoms with Crippen LogP contribution in [0.25, 0.3) is 5.57 Å². The highest BCUT2D eigenvalue weighted by Crippen LogP contribution is 2.42. The van der Waals surface area contributed by atoms with Gasteiger partial charge in [-0.05, 0) is 36.3 Å². The van der Waals surface area contributed by atoms with Crippen molar-refractivity contribution in [2.45, 2.75) is 39.2 Å². The second kappa shape index (κ2) is 5.23. The third kappa shape index (κ3) is 2.17. The van der Waals surface area contributed by atoms with Crippen LogP contribution in [-0.2, 0) is 4.79 Å². The second-order valence-corrected chi connectivity index (χ2v) is 5.09. The minimum atomic E-state index is -0.664. The number of amides is 1. The minimum Gasteiger partial charge on any atom is -0.508 e. The Morgan fingerprint density at radius 1 is 1.45 bits per heavy atom. The minimum absolute atomic E-state index is 0.0245. The summed E-state index contributed by atoms with van der Waals surface area (Å²) in [6.07, 6.45) is 5.20. The number of benzene rings is 1. The lowest BCUT2D eigenvalue weighted by atomic mass is 9.84. The molecule has 1 N–H and O–H groups in total. The fraction of sp³-hybridized carbons (Fsp3) is 0.353. The van der Waals surface area contributed by atoms with Crippen LogP contribution in [0.1, 0.15) is 39.2 Å². The number of carbonyl (C=O) groups is 1. The third-order valence-electron chi connectivity index (χ3n) is 3.84. The molecule has 0 saturated carbocycles. The smallest absolute Gasteiger partial charge is 0.228 e. The molecule has 0 fully saturated rings. The summed E-state index contributed by atoms with van der Waals surface area (Å²) in [5, 5.41) is 9.72. The van der Waals surface area contributed by atoms with Gasteiger partial charge in [0.25, 0.3) is 0 Å². The van der Waals surface area contributed by atoms with Gasteiger partial charge in [-0.1, -0.05) is 13.8 Å². The molecule has 2 rings (SSSR count). The van der Waals surface area contributed by atoms with E-state index in [4.69, 9.17) is 0 Å². The van der Waals surface area contributed by atoms with E-state index >= 15 is 0 Å². The maximum atomic E-state index is 12.4. The number of phenols is 1. The molecule has 1 aromatic carbocycles. The second-order valence-electron chi connectivity index (χ2n) is 5.09. The number of nitrogens with zero attached hydrogens (tertiary/aromatic N) is 1. The van der Waals surface area contributed by atoms with Crippen LogP contribution < -0.4 is 4.90 Å². The van der Waals surface area contributed by atoms with Crippen molar-refractivity contribution < 1.29 is 9.90 Å². The van der Waals surface area contributed by atoms with Crippen molar-refractivity contribution in [1.82, 2.24) is 0 Å². The molecule has 1 amide bonds. The van der Waals surface area contributed by atoms with E-state index in [0.717, 1.165) is 23.2 Å². The number of anilines is 1. The fourth-order valence-corrected chi connectivity index (χ4v) is 2.67. The first-order valence-corrected chi connectivity index (χ1v) is 7.00. The molecule has 1 unspecified atom stereocenters. The van der Waals surface area contributed by atoms with Gasteiger partial charge < -0.3 is 5.11 Å². The summed E-state index contributed by atoms with van der Waals surface area (Å²) in [5.41, 5.74) is 2.17. The van der Waals surface area contributed by atoms with Gasteiger partial charge in [-0.3, -0.25) is 16.6 Å². The zero-order valence-electron chi connectivity index (χ0n) is 12.3. The van der Waals surface area contributed by atoms with Crippen molar-refractivity contribution in [2.24, 2.45) is 0 Å². The van der Waals surface area contributed by atoms with E-state index in [9.17, 15) is 9.90 Å². The molecule has 1 atom stereocenters. The Morgan fingerprint density at radius 3 is 2.70 bits per heavy atom. The van der Waals surface area contributed by atoms with Crippen LogP contribution in [0.5, 0.6) is 5.75 Å². The molecule has 3 nitrogen and oxygen atoms in total. The number of aromatic hydroxyl groups is 1. The summed E-state index contributed by atoms with van der Waals surface area (Å²) < 4.78 is 0. The van der Waals surface area contributed by atoms with Gasteiger partial charge in [0.2, 0.25) is 5.91 Å². The molecular formula is C17H21NO2. The lowest BCUT2D eigenvalue weighted by Gasteiger charge is -2.43. The van der Waals surface area contributed by atoms with Crippen LogP contribution in [0.4, 0.5) is 5.69 Å². The van der Waals surface area contributed by atoms with Crippen LogP contribution in [0.15, 0.2) is 24.3 Å². The molecule has 1 aliphatic rings. The zero-order valence-corrected chi connectivity index (χ0v) is 12.3. The molecular weight excluding hydrogens is 250 g/mol. The number of fused-ring (bicyclic) bond motifs is 1. The molecule has 0 radical (unpaired) electrons. The number of rotatable bonds is 3. The molecule has 0 bridgehead atoms. The molecule has 106 valence electrons. The molecule has 1 aromatic rings. The van der Waals surface area contributed by atoms with Crippen molar-refractivity contribution >= 4 is 17.2 Å². The lowest BCUT2D eigenvalue weighted by molar-refractivity contribution is -0.118. The number of hydrogen-bond acceptors (Lipinski definition) is 2. The van der Waals surface area contributed by atoms with Crippen LogP contribution in [0.2, 0.25) is 0 Å². The third-order valence-corrected chi connectivity index (χ3v) is 3.84. The summed E-state index contributed by atoms with van der Waals surface area (Å²) >= 11 is 0. The molecule has 20 heavy (non-hydrogen) atoms. The topological polar surface area (TPSA) is 40.5 Å². The van der Waals surface area contributed by atoms with Crippen molar-refractivity contribution in [2.75, 3.05) is 4.90 Å². The van der Waals surface area contributed by atoms with Crippen molar-refractivity contribution in [3.8, 4) is 5.75 Å². The normalized spacial score (nSPS) is 21.2. The van der Waals surface area contributed by atoms with Crippen molar-refractivity contribution in [3.05, 3.63) is 43.2 Å². The molecule has 0 spiro atoms. The number of hydrogen-bond donors (Lipinski definition) is 1. The Bertz CT molecular complexity index is 562. The SMILES string of the molecule is [CH2-]C1([CH+]C)C=C(CC)c2cc(O)ccc2N1C(=O)CC. The predicted molar refractivity (Wildman–Crippen MR) is 82.2 cm³/mol. The van der Waals surface area contributed by atoms with Crippen molar-refractivity contribution in [1.29, 1.82) is 0 Å². The van der Waals surface area contributed by atoms with E-state index in [0.29, 0.717) is 6.42 Å². The summed E-state index contributed by atoms with van der Waals surface area (Å²) in [5.74, 6) is 0.237. The summed E-state index contributed by atoms with van der Waals surface area (Å²) in [6.45, 7) is 10.1. The van der Waals surface area contributed by atoms with E-state index in [-0.39, 0.29) is 11.7 Å². The van der Waals surface area contributed by atoms with Gasteiger partial charge >= 0.3 is 0 Å². The van der Waals surface area contributed by atoms with E-state index in [1.165, 1.54) is 0 Å². The molecule has 3 heteroatoms. The van der Waals surface area contributed by atoms with Crippen LogP contribution in [-0.4, -0.2) is 16.6 Å². The van der Waals surface area contributed by atoms with Gasteiger partial charge in [-0.25, -0.2) is 0 Å². The average Bonchev–Trinajstić information content (AvgIpc) is 2.46.